The summed E-state index contributed by atoms with van der Waals surface area (Å²) < 4.78 is 5.73. The minimum absolute atomic E-state index is 0.257. The average Bonchev–Trinajstić information content (AvgIpc) is 2.78. The van der Waals surface area contributed by atoms with Gasteiger partial charge >= 0.3 is 5.97 Å². The smallest absolute Gasteiger partial charge is 0.333 e. The Hall–Kier alpha value is -1.57. The van der Waals surface area contributed by atoms with Crippen LogP contribution in [0, 0.1) is 0 Å². The number of carbonyl (C=O) groups excluding carboxylic acids is 1. The number of ether oxygens (including phenoxy) is 1. The number of benzene rings is 1. The molecule has 1 saturated carbocycles. The Kier molecular flexibility index (Phi) is 3.85. The van der Waals surface area contributed by atoms with Crippen molar-refractivity contribution < 1.29 is 9.53 Å². The molecule has 1 aromatic carbocycles. The fourth-order valence-electron chi connectivity index (χ4n) is 2.59. The normalized spacial score (nSPS) is 17.4. The maximum atomic E-state index is 11.8. The third-order valence-electron chi connectivity index (χ3n) is 3.54. The molecule has 2 rings (SSSR count). The molecule has 0 bridgehead atoms. The highest BCUT2D eigenvalue weighted by molar-refractivity contribution is 5.87. The van der Waals surface area contributed by atoms with Gasteiger partial charge in [0.15, 0.2) is 0 Å². The van der Waals surface area contributed by atoms with E-state index in [4.69, 9.17) is 4.74 Å². The van der Waals surface area contributed by atoms with Gasteiger partial charge in [0, 0.05) is 12.0 Å². The summed E-state index contributed by atoms with van der Waals surface area (Å²) in [5, 5.41) is 0. The Morgan fingerprint density at radius 3 is 2.44 bits per heavy atom. The SMILES string of the molecule is C=C(C)C(=O)OC1(Cc2ccccc2)CCCC1. The largest absolute Gasteiger partial charge is 0.455 e. The standard InChI is InChI=1S/C16H20O2/c1-13(2)15(17)18-16(10-6-7-11-16)12-14-8-4-3-5-9-14/h3-5,8-9H,1,6-7,10-12H2,2H3. The van der Waals surface area contributed by atoms with Crippen LogP contribution in [0.3, 0.4) is 0 Å². The van der Waals surface area contributed by atoms with Crippen LogP contribution in [0.25, 0.3) is 0 Å². The van der Waals surface area contributed by atoms with Crippen molar-refractivity contribution in [3.05, 3.63) is 48.0 Å². The van der Waals surface area contributed by atoms with E-state index in [0.717, 1.165) is 32.1 Å². The van der Waals surface area contributed by atoms with Gasteiger partial charge in [-0.2, -0.15) is 0 Å². The minimum Gasteiger partial charge on any atom is -0.455 e. The molecule has 1 aromatic rings. The number of carbonyl (C=O) groups is 1. The fourth-order valence-corrected chi connectivity index (χ4v) is 2.59. The first kappa shape index (κ1) is 12.9. The number of esters is 1. The van der Waals surface area contributed by atoms with Crippen molar-refractivity contribution in [2.24, 2.45) is 0 Å². The van der Waals surface area contributed by atoms with E-state index in [-0.39, 0.29) is 11.6 Å². The Morgan fingerprint density at radius 1 is 1.28 bits per heavy atom. The molecule has 18 heavy (non-hydrogen) atoms. The molecule has 0 spiro atoms. The zero-order valence-corrected chi connectivity index (χ0v) is 10.9. The summed E-state index contributed by atoms with van der Waals surface area (Å²) in [7, 11) is 0. The Balaban J connectivity index is 2.12. The summed E-state index contributed by atoms with van der Waals surface area (Å²) in [4.78, 5) is 11.8. The molecule has 1 aliphatic rings. The van der Waals surface area contributed by atoms with E-state index in [1.54, 1.807) is 6.92 Å². The quantitative estimate of drug-likeness (QED) is 0.597. The van der Waals surface area contributed by atoms with E-state index >= 15 is 0 Å². The summed E-state index contributed by atoms with van der Waals surface area (Å²) in [6, 6.07) is 10.2. The molecule has 0 N–H and O–H groups in total. The van der Waals surface area contributed by atoms with Crippen LogP contribution in [0.15, 0.2) is 42.5 Å². The number of rotatable bonds is 4. The lowest BCUT2D eigenvalue weighted by molar-refractivity contribution is -0.154. The zero-order valence-electron chi connectivity index (χ0n) is 10.9. The molecule has 0 radical (unpaired) electrons. The highest BCUT2D eigenvalue weighted by atomic mass is 16.6. The molecule has 0 aromatic heterocycles. The number of hydrogen-bond donors (Lipinski definition) is 0. The van der Waals surface area contributed by atoms with Crippen molar-refractivity contribution in [3.63, 3.8) is 0 Å². The first-order chi connectivity index (χ1) is 8.61. The molecule has 2 heteroatoms. The lowest BCUT2D eigenvalue weighted by Crippen LogP contribution is -2.34. The lowest BCUT2D eigenvalue weighted by atomic mass is 9.92. The van der Waals surface area contributed by atoms with E-state index in [9.17, 15) is 4.79 Å². The molecular weight excluding hydrogens is 224 g/mol. The summed E-state index contributed by atoms with van der Waals surface area (Å²) in [5.41, 5.74) is 1.40. The topological polar surface area (TPSA) is 26.3 Å². The molecule has 1 aliphatic carbocycles. The zero-order chi connectivity index (χ0) is 13.0. The van der Waals surface area contributed by atoms with Gasteiger partial charge in [-0.15, -0.1) is 0 Å². The molecule has 0 saturated heterocycles. The predicted octanol–water partition coefficient (Wildman–Crippen LogP) is 3.66. The summed E-state index contributed by atoms with van der Waals surface area (Å²) in [6.07, 6.45) is 5.00. The maximum Gasteiger partial charge on any atom is 0.333 e. The first-order valence-corrected chi connectivity index (χ1v) is 6.54. The van der Waals surface area contributed by atoms with Gasteiger partial charge in [-0.25, -0.2) is 4.79 Å². The van der Waals surface area contributed by atoms with Crippen molar-refractivity contribution >= 4 is 5.97 Å². The van der Waals surface area contributed by atoms with Crippen LogP contribution >= 0.6 is 0 Å². The third-order valence-corrected chi connectivity index (χ3v) is 3.54. The van der Waals surface area contributed by atoms with Gasteiger partial charge in [0.1, 0.15) is 5.60 Å². The second-order valence-corrected chi connectivity index (χ2v) is 5.22. The van der Waals surface area contributed by atoms with Gasteiger partial charge in [-0.05, 0) is 38.2 Å². The Labute approximate surface area is 109 Å². The lowest BCUT2D eigenvalue weighted by Gasteiger charge is -2.29. The van der Waals surface area contributed by atoms with Crippen LogP contribution in [-0.2, 0) is 16.0 Å². The second-order valence-electron chi connectivity index (χ2n) is 5.22. The van der Waals surface area contributed by atoms with Crippen LogP contribution in [0.5, 0.6) is 0 Å². The summed E-state index contributed by atoms with van der Waals surface area (Å²) >= 11 is 0. The highest BCUT2D eigenvalue weighted by Crippen LogP contribution is 2.36. The highest BCUT2D eigenvalue weighted by Gasteiger charge is 2.37. The summed E-state index contributed by atoms with van der Waals surface area (Å²) in [5.74, 6) is -0.257. The van der Waals surface area contributed by atoms with Gasteiger partial charge in [0.25, 0.3) is 0 Å². The average molecular weight is 244 g/mol. The van der Waals surface area contributed by atoms with Crippen LogP contribution in [0.2, 0.25) is 0 Å². The molecule has 0 aliphatic heterocycles. The van der Waals surface area contributed by atoms with Crippen LogP contribution in [-0.4, -0.2) is 11.6 Å². The van der Waals surface area contributed by atoms with E-state index in [0.29, 0.717) is 5.57 Å². The molecule has 2 nitrogen and oxygen atoms in total. The van der Waals surface area contributed by atoms with Gasteiger partial charge in [0.05, 0.1) is 0 Å². The Morgan fingerprint density at radius 2 is 1.89 bits per heavy atom. The van der Waals surface area contributed by atoms with Gasteiger partial charge in [0.2, 0.25) is 0 Å². The molecular formula is C16H20O2. The van der Waals surface area contributed by atoms with Crippen molar-refractivity contribution in [1.82, 2.24) is 0 Å². The number of hydrogen-bond acceptors (Lipinski definition) is 2. The molecule has 0 heterocycles. The van der Waals surface area contributed by atoms with Crippen LogP contribution in [0.1, 0.15) is 38.2 Å². The van der Waals surface area contributed by atoms with E-state index in [2.05, 4.69) is 18.7 Å². The van der Waals surface area contributed by atoms with E-state index in [1.165, 1.54) is 5.56 Å². The van der Waals surface area contributed by atoms with Crippen molar-refractivity contribution in [1.29, 1.82) is 0 Å². The Bertz CT molecular complexity index is 428. The molecule has 96 valence electrons. The monoisotopic (exact) mass is 244 g/mol. The minimum atomic E-state index is -0.308. The van der Waals surface area contributed by atoms with Gasteiger partial charge in [-0.1, -0.05) is 36.9 Å². The molecule has 0 amide bonds. The van der Waals surface area contributed by atoms with E-state index < -0.39 is 0 Å². The van der Waals surface area contributed by atoms with Crippen LogP contribution in [0.4, 0.5) is 0 Å². The maximum absolute atomic E-state index is 11.8. The predicted molar refractivity (Wildman–Crippen MR) is 72.3 cm³/mol. The molecule has 0 atom stereocenters. The van der Waals surface area contributed by atoms with Gasteiger partial charge in [-0.3, -0.25) is 0 Å². The van der Waals surface area contributed by atoms with Crippen molar-refractivity contribution in [2.45, 2.75) is 44.6 Å². The van der Waals surface area contributed by atoms with Crippen LogP contribution < -0.4 is 0 Å². The summed E-state index contributed by atoms with van der Waals surface area (Å²) in [6.45, 7) is 5.36. The molecule has 0 unspecified atom stereocenters. The third kappa shape index (κ3) is 3.00. The van der Waals surface area contributed by atoms with Crippen molar-refractivity contribution in [2.75, 3.05) is 0 Å². The fraction of sp³-hybridized carbons (Fsp3) is 0.438. The van der Waals surface area contributed by atoms with Crippen molar-refractivity contribution in [3.8, 4) is 0 Å². The first-order valence-electron chi connectivity index (χ1n) is 6.54. The second kappa shape index (κ2) is 5.38. The molecule has 1 fully saturated rings. The van der Waals surface area contributed by atoms with Gasteiger partial charge < -0.3 is 4.74 Å². The van der Waals surface area contributed by atoms with E-state index in [1.807, 2.05) is 18.2 Å².